The van der Waals surface area contributed by atoms with Crippen molar-refractivity contribution in [1.82, 2.24) is 4.90 Å². The number of rotatable bonds is 8. The predicted molar refractivity (Wildman–Crippen MR) is 89.9 cm³/mol. The Kier molecular flexibility index (Phi) is 7.16. The molecule has 0 bridgehead atoms. The molecule has 3 nitrogen and oxygen atoms in total. The van der Waals surface area contributed by atoms with Crippen LogP contribution in [0.1, 0.15) is 44.6 Å². The fraction of sp³-hybridized carbons (Fsp3) is 0.632. The lowest BCUT2D eigenvalue weighted by Crippen LogP contribution is -2.39. The number of aliphatic carboxylic acids is 1. The second-order valence-electron chi connectivity index (χ2n) is 6.76. The molecule has 1 aromatic carbocycles. The number of piperidine rings is 1. The summed E-state index contributed by atoms with van der Waals surface area (Å²) in [7, 11) is 0. The van der Waals surface area contributed by atoms with Crippen LogP contribution in [-0.2, 0) is 11.2 Å². The van der Waals surface area contributed by atoms with E-state index in [9.17, 15) is 18.7 Å². The quantitative estimate of drug-likeness (QED) is 0.775. The van der Waals surface area contributed by atoms with E-state index in [1.54, 1.807) is 6.07 Å². The number of halogens is 2. The molecule has 0 spiro atoms. The van der Waals surface area contributed by atoms with Crippen molar-refractivity contribution in [2.45, 2.75) is 45.4 Å². The van der Waals surface area contributed by atoms with Gasteiger partial charge in [0.1, 0.15) is 0 Å². The van der Waals surface area contributed by atoms with E-state index in [2.05, 4.69) is 11.8 Å². The van der Waals surface area contributed by atoms with Crippen LogP contribution in [0, 0.1) is 23.5 Å². The van der Waals surface area contributed by atoms with E-state index in [0.717, 1.165) is 57.3 Å². The van der Waals surface area contributed by atoms with Gasteiger partial charge in [-0.1, -0.05) is 25.8 Å². The fourth-order valence-electron chi connectivity index (χ4n) is 3.55. The van der Waals surface area contributed by atoms with Crippen LogP contribution < -0.4 is 0 Å². The van der Waals surface area contributed by atoms with E-state index in [1.165, 1.54) is 12.1 Å². The fourth-order valence-corrected chi connectivity index (χ4v) is 3.55. The normalized spacial score (nSPS) is 17.8. The van der Waals surface area contributed by atoms with E-state index in [4.69, 9.17) is 0 Å². The first-order valence-electron chi connectivity index (χ1n) is 8.90. The standard InChI is InChI=1S/C19H27F2NO2/c1-2-3-4-16(19(23)24)15-8-11-22(12-9-15)10-7-14-5-6-17(20)18(21)13-14/h5-6,13,15-16H,2-4,7-12H2,1H3,(H,23,24). The van der Waals surface area contributed by atoms with Gasteiger partial charge in [-0.25, -0.2) is 8.78 Å². The minimum Gasteiger partial charge on any atom is -0.481 e. The van der Waals surface area contributed by atoms with Gasteiger partial charge in [0.2, 0.25) is 0 Å². The Morgan fingerprint density at radius 3 is 2.58 bits per heavy atom. The van der Waals surface area contributed by atoms with Gasteiger partial charge >= 0.3 is 5.97 Å². The zero-order chi connectivity index (χ0) is 17.5. The van der Waals surface area contributed by atoms with Crippen LogP contribution in [0.5, 0.6) is 0 Å². The van der Waals surface area contributed by atoms with Crippen molar-refractivity contribution in [3.8, 4) is 0 Å². The molecule has 1 atom stereocenters. The van der Waals surface area contributed by atoms with Crippen LogP contribution in [0.3, 0.4) is 0 Å². The topological polar surface area (TPSA) is 40.5 Å². The van der Waals surface area contributed by atoms with Crippen molar-refractivity contribution in [2.75, 3.05) is 19.6 Å². The zero-order valence-corrected chi connectivity index (χ0v) is 14.3. The summed E-state index contributed by atoms with van der Waals surface area (Å²) in [4.78, 5) is 13.8. The molecule has 24 heavy (non-hydrogen) atoms. The molecular formula is C19H27F2NO2. The average molecular weight is 339 g/mol. The van der Waals surface area contributed by atoms with Crippen LogP contribution in [0.2, 0.25) is 0 Å². The Morgan fingerprint density at radius 1 is 1.29 bits per heavy atom. The number of benzene rings is 1. The highest BCUT2D eigenvalue weighted by Gasteiger charge is 2.30. The first-order valence-corrected chi connectivity index (χ1v) is 8.90. The maximum absolute atomic E-state index is 13.2. The monoisotopic (exact) mass is 339 g/mol. The summed E-state index contributed by atoms with van der Waals surface area (Å²) in [5.74, 6) is -2.24. The van der Waals surface area contributed by atoms with Crippen molar-refractivity contribution in [3.05, 3.63) is 35.4 Å². The molecule has 1 aromatic rings. The van der Waals surface area contributed by atoms with Crippen molar-refractivity contribution in [3.63, 3.8) is 0 Å². The van der Waals surface area contributed by atoms with Crippen LogP contribution in [0.15, 0.2) is 18.2 Å². The maximum Gasteiger partial charge on any atom is 0.306 e. The smallest absolute Gasteiger partial charge is 0.306 e. The molecule has 1 saturated heterocycles. The number of carboxylic acids is 1. The van der Waals surface area contributed by atoms with E-state index in [0.29, 0.717) is 6.42 Å². The molecule has 1 fully saturated rings. The zero-order valence-electron chi connectivity index (χ0n) is 14.3. The van der Waals surface area contributed by atoms with Crippen molar-refractivity contribution >= 4 is 5.97 Å². The van der Waals surface area contributed by atoms with Gasteiger partial charge in [0.25, 0.3) is 0 Å². The van der Waals surface area contributed by atoms with Gasteiger partial charge in [0.05, 0.1) is 5.92 Å². The summed E-state index contributed by atoms with van der Waals surface area (Å²) < 4.78 is 26.2. The molecule has 2 rings (SSSR count). The summed E-state index contributed by atoms with van der Waals surface area (Å²) in [6, 6.07) is 4.05. The largest absolute Gasteiger partial charge is 0.481 e. The van der Waals surface area contributed by atoms with Crippen molar-refractivity contribution in [2.24, 2.45) is 11.8 Å². The third kappa shape index (κ3) is 5.26. The van der Waals surface area contributed by atoms with Gasteiger partial charge in [0.15, 0.2) is 11.6 Å². The Balaban J connectivity index is 1.79. The summed E-state index contributed by atoms with van der Waals surface area (Å²) in [6.45, 7) is 4.64. The van der Waals surface area contributed by atoms with Gasteiger partial charge in [-0.2, -0.15) is 0 Å². The molecular weight excluding hydrogens is 312 g/mol. The molecule has 134 valence electrons. The molecule has 1 unspecified atom stereocenters. The van der Waals surface area contributed by atoms with Gasteiger partial charge in [0, 0.05) is 6.54 Å². The van der Waals surface area contributed by atoms with Crippen LogP contribution in [0.4, 0.5) is 8.78 Å². The van der Waals surface area contributed by atoms with Crippen LogP contribution in [0.25, 0.3) is 0 Å². The average Bonchev–Trinajstić information content (AvgIpc) is 2.57. The molecule has 0 amide bonds. The molecule has 1 aliphatic rings. The molecule has 1 N–H and O–H groups in total. The van der Waals surface area contributed by atoms with E-state index < -0.39 is 17.6 Å². The number of nitrogens with zero attached hydrogens (tertiary/aromatic N) is 1. The highest BCUT2D eigenvalue weighted by atomic mass is 19.2. The van der Waals surface area contributed by atoms with Crippen LogP contribution in [-0.4, -0.2) is 35.6 Å². The highest BCUT2D eigenvalue weighted by molar-refractivity contribution is 5.70. The first kappa shape index (κ1) is 18.8. The second kappa shape index (κ2) is 9.11. The lowest BCUT2D eigenvalue weighted by molar-refractivity contribution is -0.144. The summed E-state index contributed by atoms with van der Waals surface area (Å²) in [5.41, 5.74) is 0.794. The van der Waals surface area contributed by atoms with Crippen LogP contribution >= 0.6 is 0 Å². The second-order valence-corrected chi connectivity index (χ2v) is 6.76. The molecule has 0 radical (unpaired) electrons. The van der Waals surface area contributed by atoms with Gasteiger partial charge in [-0.3, -0.25) is 4.79 Å². The number of unbranched alkanes of at least 4 members (excludes halogenated alkanes) is 1. The molecule has 5 heteroatoms. The lowest BCUT2D eigenvalue weighted by atomic mass is 9.81. The Labute approximate surface area is 142 Å². The maximum atomic E-state index is 13.2. The van der Waals surface area contributed by atoms with E-state index >= 15 is 0 Å². The summed E-state index contributed by atoms with van der Waals surface area (Å²) in [6.07, 6.45) is 5.24. The SMILES string of the molecule is CCCCC(C(=O)O)C1CCN(CCc2ccc(F)c(F)c2)CC1. The lowest BCUT2D eigenvalue weighted by Gasteiger charge is -2.34. The number of carbonyl (C=O) groups is 1. The van der Waals surface area contributed by atoms with Gasteiger partial charge in [-0.15, -0.1) is 0 Å². The summed E-state index contributed by atoms with van der Waals surface area (Å²) >= 11 is 0. The number of carboxylic acid groups (broad SMARTS) is 1. The summed E-state index contributed by atoms with van der Waals surface area (Å²) in [5, 5.41) is 9.44. The Bertz CT molecular complexity index is 542. The highest BCUT2D eigenvalue weighted by Crippen LogP contribution is 2.29. The van der Waals surface area contributed by atoms with Gasteiger partial charge in [-0.05, 0) is 62.4 Å². The predicted octanol–water partition coefficient (Wildman–Crippen LogP) is 4.11. The molecule has 1 heterocycles. The number of hydrogen-bond acceptors (Lipinski definition) is 2. The Morgan fingerprint density at radius 2 is 2.00 bits per heavy atom. The molecule has 0 saturated carbocycles. The third-order valence-electron chi connectivity index (χ3n) is 5.09. The minimum absolute atomic E-state index is 0.224. The first-order chi connectivity index (χ1) is 11.5. The minimum atomic E-state index is -0.814. The number of hydrogen-bond donors (Lipinski definition) is 1. The van der Waals surface area contributed by atoms with Crippen molar-refractivity contribution in [1.29, 1.82) is 0 Å². The molecule has 1 aliphatic heterocycles. The van der Waals surface area contributed by atoms with E-state index in [1.807, 2.05) is 0 Å². The number of likely N-dealkylation sites (tertiary alicyclic amines) is 1. The molecule has 0 aromatic heterocycles. The van der Waals surface area contributed by atoms with E-state index in [-0.39, 0.29) is 11.8 Å². The van der Waals surface area contributed by atoms with Crippen molar-refractivity contribution < 1.29 is 18.7 Å². The molecule has 0 aliphatic carbocycles. The third-order valence-corrected chi connectivity index (χ3v) is 5.09. The Hall–Kier alpha value is -1.49. The van der Waals surface area contributed by atoms with Gasteiger partial charge < -0.3 is 10.0 Å².